The van der Waals surface area contributed by atoms with E-state index in [0.29, 0.717) is 5.75 Å². The maximum Gasteiger partial charge on any atom is 0.305 e. The van der Waals surface area contributed by atoms with Crippen LogP contribution in [0.3, 0.4) is 0 Å². The lowest BCUT2D eigenvalue weighted by atomic mass is 9.87. The molecule has 19 heteroatoms. The summed E-state index contributed by atoms with van der Waals surface area (Å²) in [6.45, 7) is 5.14. The van der Waals surface area contributed by atoms with Gasteiger partial charge in [0.05, 0.1) is 22.8 Å². The molecule has 1 heterocycles. The smallest absolute Gasteiger partial charge is 0.305 e. The monoisotopic (exact) mass is 697 g/mol. The van der Waals surface area contributed by atoms with Crippen molar-refractivity contribution in [3.63, 3.8) is 0 Å². The molecular formula is C29H39N5O13S. The highest BCUT2D eigenvalue weighted by Crippen LogP contribution is 2.37. The van der Waals surface area contributed by atoms with Crippen molar-refractivity contribution < 1.29 is 62.7 Å². The number of nitrogens with one attached hydrogen (secondary N) is 1. The maximum absolute atomic E-state index is 13.3. The Kier molecular flexibility index (Phi) is 14.2. The van der Waals surface area contributed by atoms with Crippen LogP contribution in [0.25, 0.3) is 0 Å². The molecule has 3 aromatic rings. The average molecular weight is 698 g/mol. The molecule has 48 heavy (non-hydrogen) atoms. The first-order valence-corrected chi connectivity index (χ1v) is 15.9. The molecule has 2 aromatic carbocycles. The van der Waals surface area contributed by atoms with Gasteiger partial charge in [-0.25, -0.2) is 23.1 Å². The number of nitrogens with zero attached hydrogens (tertiary/aromatic N) is 4. The van der Waals surface area contributed by atoms with E-state index in [9.17, 15) is 13.2 Å². The normalized spacial score (nSPS) is 12.5. The lowest BCUT2D eigenvalue weighted by molar-refractivity contribution is -0.527. The van der Waals surface area contributed by atoms with Crippen LogP contribution >= 0.6 is 0 Å². The van der Waals surface area contributed by atoms with Crippen molar-refractivity contribution in [2.24, 2.45) is 0 Å². The van der Waals surface area contributed by atoms with Gasteiger partial charge in [-0.3, -0.25) is 30.3 Å². The number of anilines is 1. The van der Waals surface area contributed by atoms with E-state index in [2.05, 4.69) is 24.4 Å². The molecule has 0 aliphatic heterocycles. The second-order valence-electron chi connectivity index (χ2n) is 11.0. The van der Waals surface area contributed by atoms with Gasteiger partial charge in [-0.15, -0.1) is 0 Å². The van der Waals surface area contributed by atoms with Crippen LogP contribution in [0.5, 0.6) is 23.1 Å². The van der Waals surface area contributed by atoms with E-state index in [-0.39, 0.29) is 66.0 Å². The number of hydrogen-bond acceptors (Lipinski definition) is 17. The Morgan fingerprint density at radius 3 is 2.33 bits per heavy atom. The van der Waals surface area contributed by atoms with Gasteiger partial charge in [-0.2, -0.15) is 4.98 Å². The number of sulfonamides is 1. The topological polar surface area (TPSA) is 232 Å². The molecule has 1 unspecified atom stereocenters. The second kappa shape index (κ2) is 17.8. The molecule has 1 aromatic heterocycles. The van der Waals surface area contributed by atoms with E-state index in [4.69, 9.17) is 39.8 Å². The fourth-order valence-corrected chi connectivity index (χ4v) is 5.03. The lowest BCUT2D eigenvalue weighted by Gasteiger charge is -2.19. The summed E-state index contributed by atoms with van der Waals surface area (Å²) in [5, 5.41) is 33.8. The highest BCUT2D eigenvalue weighted by atomic mass is 32.2. The number of hydrogen-bond donors (Lipinski definition) is 5. The zero-order chi connectivity index (χ0) is 35.3. The highest BCUT2D eigenvalue weighted by molar-refractivity contribution is 7.92. The quantitative estimate of drug-likeness (QED) is 0.0680. The third-order valence-electron chi connectivity index (χ3n) is 6.41. The molecule has 0 saturated carbocycles. The Hall–Kier alpha value is -4.18. The Balaban J connectivity index is 1.69. The molecule has 3 rings (SSSR count). The number of benzene rings is 2. The Morgan fingerprint density at radius 1 is 0.979 bits per heavy atom. The fraction of sp³-hybridized carbons (Fsp3) is 0.414. The Morgan fingerprint density at radius 2 is 1.69 bits per heavy atom. The summed E-state index contributed by atoms with van der Waals surface area (Å²) in [5.41, 5.74) is 0.772. The molecule has 264 valence electrons. The summed E-state index contributed by atoms with van der Waals surface area (Å²) < 4.78 is 51.2. The van der Waals surface area contributed by atoms with E-state index in [1.165, 1.54) is 19.2 Å². The first kappa shape index (κ1) is 38.3. The molecule has 0 radical (unpaired) electrons. The first-order valence-electron chi connectivity index (χ1n) is 14.4. The van der Waals surface area contributed by atoms with Crippen LogP contribution < -0.4 is 18.9 Å². The van der Waals surface area contributed by atoms with Crippen molar-refractivity contribution in [2.45, 2.75) is 56.4 Å². The van der Waals surface area contributed by atoms with Crippen LogP contribution in [0.15, 0.2) is 59.8 Å². The molecule has 0 aliphatic rings. The molecule has 0 spiro atoms. The van der Waals surface area contributed by atoms with Crippen molar-refractivity contribution in [1.82, 2.24) is 20.7 Å². The molecule has 0 fully saturated rings. The number of esters is 1. The van der Waals surface area contributed by atoms with Crippen molar-refractivity contribution >= 4 is 21.8 Å². The van der Waals surface area contributed by atoms with E-state index < -0.39 is 39.5 Å². The highest BCUT2D eigenvalue weighted by Gasteiger charge is 2.24. The van der Waals surface area contributed by atoms with Gasteiger partial charge in [0.15, 0.2) is 5.82 Å². The third kappa shape index (κ3) is 12.4. The predicted octanol–water partition coefficient (Wildman–Crippen LogP) is 3.86. The van der Waals surface area contributed by atoms with Gasteiger partial charge >= 0.3 is 5.97 Å². The van der Waals surface area contributed by atoms with Crippen LogP contribution in [-0.2, 0) is 34.6 Å². The molecule has 18 nitrogen and oxygen atoms in total. The largest absolute Gasteiger partial charge is 0.497 e. The van der Waals surface area contributed by atoms with Gasteiger partial charge in [0.2, 0.25) is 5.75 Å². The zero-order valence-electron chi connectivity index (χ0n) is 26.7. The number of aromatic nitrogens is 2. The van der Waals surface area contributed by atoms with Gasteiger partial charge in [0, 0.05) is 12.5 Å². The summed E-state index contributed by atoms with van der Waals surface area (Å²) in [6.07, 6.45) is 0.107. The number of ether oxygens (including phenoxy) is 4. The summed E-state index contributed by atoms with van der Waals surface area (Å²) >= 11 is 0. The first-order chi connectivity index (χ1) is 22.7. The third-order valence-corrected chi connectivity index (χ3v) is 7.76. The van der Waals surface area contributed by atoms with Crippen molar-refractivity contribution in [3.8, 4) is 23.1 Å². The molecule has 0 saturated heterocycles. The predicted molar refractivity (Wildman–Crippen MR) is 163 cm³/mol. The van der Waals surface area contributed by atoms with E-state index in [1.54, 1.807) is 36.4 Å². The second-order valence-corrected chi connectivity index (χ2v) is 12.7. The minimum atomic E-state index is -4.13. The number of rotatable bonds is 19. The zero-order valence-corrected chi connectivity index (χ0v) is 27.5. The van der Waals surface area contributed by atoms with E-state index >= 15 is 0 Å². The van der Waals surface area contributed by atoms with E-state index in [1.807, 2.05) is 20.8 Å². The average Bonchev–Trinajstić information content (AvgIpc) is 3.02. The van der Waals surface area contributed by atoms with Crippen molar-refractivity contribution in [3.05, 3.63) is 60.4 Å². The number of carbonyl (C=O) groups excluding carboxylic acids is 1. The van der Waals surface area contributed by atoms with E-state index in [0.717, 1.165) is 11.9 Å². The SMILES string of the molecule is COc1cccc(Oc2c(NS(=O)(=O)c3ccc(C(C)(C)C)cc3)ncnc2OCCOC(=O)CCCC(CON(O)O)ON(O)O)c1. The minimum absolute atomic E-state index is 0.00459. The molecule has 0 aliphatic carbocycles. The van der Waals surface area contributed by atoms with Crippen molar-refractivity contribution in [1.29, 1.82) is 0 Å². The summed E-state index contributed by atoms with van der Waals surface area (Å²) in [7, 11) is -2.65. The van der Waals surface area contributed by atoms with Gasteiger partial charge in [0.25, 0.3) is 15.9 Å². The Bertz CT molecular complexity index is 1570. The van der Waals surface area contributed by atoms with Crippen molar-refractivity contribution in [2.75, 3.05) is 31.7 Å². The minimum Gasteiger partial charge on any atom is -0.497 e. The lowest BCUT2D eigenvalue weighted by Crippen LogP contribution is -2.31. The van der Waals surface area contributed by atoms with Gasteiger partial charge in [-0.1, -0.05) is 39.0 Å². The van der Waals surface area contributed by atoms with Crippen LogP contribution in [0, 0.1) is 0 Å². The molecule has 0 bridgehead atoms. The maximum atomic E-state index is 13.3. The molecular weight excluding hydrogens is 658 g/mol. The van der Waals surface area contributed by atoms with Gasteiger partial charge < -0.3 is 18.9 Å². The van der Waals surface area contributed by atoms with Crippen LogP contribution in [0.4, 0.5) is 5.82 Å². The van der Waals surface area contributed by atoms with Crippen LogP contribution in [0.1, 0.15) is 45.6 Å². The summed E-state index contributed by atoms with van der Waals surface area (Å²) in [6, 6.07) is 13.0. The van der Waals surface area contributed by atoms with Gasteiger partial charge in [-0.05, 0) is 48.1 Å². The standard InChI is InChI=1S/C29H39N5O13S/c1-29(2,3)20-11-13-24(14-12-20)48(40,41)32-27-26(46-22-8-5-7-21(17-22)42-4)28(31-19-30-27)44-16-15-43-25(35)10-6-9-23(47-34(38)39)18-45-33(36)37/h5,7-8,11-14,17,19,23,36-39H,6,9-10,15-16,18H2,1-4H3,(H,30,31,32). The summed E-state index contributed by atoms with van der Waals surface area (Å²) in [5.74, 6) is -0.417. The fourth-order valence-electron chi connectivity index (χ4n) is 4.02. The molecule has 5 N–H and O–H groups in total. The Labute approximate surface area is 276 Å². The van der Waals surface area contributed by atoms with Crippen LogP contribution in [0.2, 0.25) is 0 Å². The van der Waals surface area contributed by atoms with Gasteiger partial charge in [0.1, 0.15) is 43.8 Å². The molecule has 1 atom stereocenters. The van der Waals surface area contributed by atoms with Crippen LogP contribution in [-0.4, -0.2) is 89.0 Å². The summed E-state index contributed by atoms with van der Waals surface area (Å²) in [4.78, 5) is 29.4. The number of carbonyl (C=O) groups is 1. The molecule has 0 amide bonds. The number of methoxy groups -OCH3 is 1.